The molecule has 2 rings (SSSR count). The SMILES string of the molecule is CC(C)C(O)C(C)(C)CNc1ncnc2ncccc12. The Balaban J connectivity index is 2.17. The molecule has 5 heteroatoms. The van der Waals surface area contributed by atoms with Crippen LogP contribution in [0.25, 0.3) is 11.0 Å². The molecule has 0 saturated heterocycles. The standard InChI is InChI=1S/C15H22N4O/c1-10(2)12(20)15(3,4)8-17-14-11-6-5-7-16-13(11)18-9-19-14/h5-7,9-10,12,20H,8H2,1-4H3,(H,16,17,18,19). The van der Waals surface area contributed by atoms with Crippen LogP contribution in [0, 0.1) is 11.3 Å². The van der Waals surface area contributed by atoms with Gasteiger partial charge in [-0.1, -0.05) is 27.7 Å². The van der Waals surface area contributed by atoms with E-state index in [1.54, 1.807) is 6.20 Å². The fourth-order valence-corrected chi connectivity index (χ4v) is 2.35. The fraction of sp³-hybridized carbons (Fsp3) is 0.533. The topological polar surface area (TPSA) is 70.9 Å². The summed E-state index contributed by atoms with van der Waals surface area (Å²) in [6.07, 6.45) is 2.84. The quantitative estimate of drug-likeness (QED) is 0.876. The number of aromatic nitrogens is 3. The molecule has 20 heavy (non-hydrogen) atoms. The first-order chi connectivity index (χ1) is 9.42. The summed E-state index contributed by atoms with van der Waals surface area (Å²) in [5, 5.41) is 14.5. The van der Waals surface area contributed by atoms with E-state index in [2.05, 4.69) is 20.3 Å². The molecule has 0 aliphatic rings. The molecule has 0 saturated carbocycles. The lowest BCUT2D eigenvalue weighted by Crippen LogP contribution is -2.39. The van der Waals surface area contributed by atoms with Crippen molar-refractivity contribution >= 4 is 16.9 Å². The highest BCUT2D eigenvalue weighted by Gasteiger charge is 2.30. The third-order valence-electron chi connectivity index (χ3n) is 3.55. The first-order valence-corrected chi connectivity index (χ1v) is 6.89. The van der Waals surface area contributed by atoms with E-state index in [-0.39, 0.29) is 17.4 Å². The lowest BCUT2D eigenvalue weighted by atomic mass is 9.81. The molecule has 0 bridgehead atoms. The molecule has 2 aromatic rings. The minimum absolute atomic E-state index is 0.218. The molecule has 0 aliphatic carbocycles. The Kier molecular flexibility index (Phi) is 4.18. The van der Waals surface area contributed by atoms with Crippen molar-refractivity contribution in [2.45, 2.75) is 33.8 Å². The number of hydrogen-bond donors (Lipinski definition) is 2. The summed E-state index contributed by atoms with van der Waals surface area (Å²) >= 11 is 0. The molecule has 0 aromatic carbocycles. The summed E-state index contributed by atoms with van der Waals surface area (Å²) in [7, 11) is 0. The number of fused-ring (bicyclic) bond motifs is 1. The van der Waals surface area contributed by atoms with E-state index in [1.807, 2.05) is 39.8 Å². The number of aliphatic hydroxyl groups is 1. The monoisotopic (exact) mass is 274 g/mol. The van der Waals surface area contributed by atoms with E-state index in [1.165, 1.54) is 6.33 Å². The second-order valence-electron chi connectivity index (χ2n) is 6.13. The van der Waals surface area contributed by atoms with Crippen molar-refractivity contribution in [1.29, 1.82) is 0 Å². The Morgan fingerprint density at radius 2 is 2.00 bits per heavy atom. The van der Waals surface area contributed by atoms with Gasteiger partial charge in [-0.2, -0.15) is 0 Å². The van der Waals surface area contributed by atoms with Gasteiger partial charge in [0.1, 0.15) is 12.1 Å². The van der Waals surface area contributed by atoms with Gasteiger partial charge in [-0.3, -0.25) is 0 Å². The van der Waals surface area contributed by atoms with Gasteiger partial charge < -0.3 is 10.4 Å². The van der Waals surface area contributed by atoms with Crippen LogP contribution in [0.2, 0.25) is 0 Å². The van der Waals surface area contributed by atoms with Crippen molar-refractivity contribution in [2.75, 3.05) is 11.9 Å². The van der Waals surface area contributed by atoms with E-state index in [0.29, 0.717) is 12.2 Å². The average Bonchev–Trinajstić information content (AvgIpc) is 2.44. The van der Waals surface area contributed by atoms with Crippen LogP contribution < -0.4 is 5.32 Å². The summed E-state index contributed by atoms with van der Waals surface area (Å²) in [6, 6.07) is 3.81. The number of hydrogen-bond acceptors (Lipinski definition) is 5. The van der Waals surface area contributed by atoms with Gasteiger partial charge in [-0.05, 0) is 18.1 Å². The zero-order valence-corrected chi connectivity index (χ0v) is 12.5. The molecule has 1 atom stereocenters. The zero-order chi connectivity index (χ0) is 14.8. The van der Waals surface area contributed by atoms with Gasteiger partial charge in [0.25, 0.3) is 0 Å². The Morgan fingerprint density at radius 3 is 2.70 bits per heavy atom. The molecule has 2 heterocycles. The first kappa shape index (κ1) is 14.7. The Bertz CT molecular complexity index is 578. The summed E-state index contributed by atoms with van der Waals surface area (Å²) < 4.78 is 0. The molecule has 0 amide bonds. The van der Waals surface area contributed by atoms with Gasteiger partial charge in [0, 0.05) is 18.2 Å². The largest absolute Gasteiger partial charge is 0.392 e. The fourth-order valence-electron chi connectivity index (χ4n) is 2.35. The van der Waals surface area contributed by atoms with Crippen molar-refractivity contribution in [3.05, 3.63) is 24.7 Å². The number of pyridine rings is 1. The van der Waals surface area contributed by atoms with Gasteiger partial charge in [-0.15, -0.1) is 0 Å². The van der Waals surface area contributed by atoms with E-state index < -0.39 is 0 Å². The maximum Gasteiger partial charge on any atom is 0.164 e. The molecule has 0 radical (unpaired) electrons. The Morgan fingerprint density at radius 1 is 1.25 bits per heavy atom. The Hall–Kier alpha value is -1.75. The minimum atomic E-state index is -0.374. The van der Waals surface area contributed by atoms with Gasteiger partial charge in [0.15, 0.2) is 5.65 Å². The second-order valence-corrected chi connectivity index (χ2v) is 6.13. The van der Waals surface area contributed by atoms with Crippen LogP contribution in [0.1, 0.15) is 27.7 Å². The maximum absolute atomic E-state index is 10.3. The van der Waals surface area contributed by atoms with Crippen LogP contribution in [0.3, 0.4) is 0 Å². The Labute approximate surface area is 119 Å². The van der Waals surface area contributed by atoms with Crippen LogP contribution in [-0.4, -0.2) is 32.7 Å². The van der Waals surface area contributed by atoms with Crippen LogP contribution in [0.4, 0.5) is 5.82 Å². The molecule has 5 nitrogen and oxygen atoms in total. The molecule has 0 spiro atoms. The molecular formula is C15H22N4O. The van der Waals surface area contributed by atoms with Gasteiger partial charge in [-0.25, -0.2) is 15.0 Å². The molecule has 1 unspecified atom stereocenters. The van der Waals surface area contributed by atoms with E-state index in [4.69, 9.17) is 0 Å². The maximum atomic E-state index is 10.3. The molecule has 108 valence electrons. The highest BCUT2D eigenvalue weighted by molar-refractivity contribution is 5.85. The molecular weight excluding hydrogens is 252 g/mol. The van der Waals surface area contributed by atoms with Crippen molar-refractivity contribution < 1.29 is 5.11 Å². The predicted molar refractivity (Wildman–Crippen MR) is 80.4 cm³/mol. The molecule has 0 fully saturated rings. The number of anilines is 1. The lowest BCUT2D eigenvalue weighted by molar-refractivity contribution is 0.0210. The smallest absolute Gasteiger partial charge is 0.164 e. The normalized spacial score (nSPS) is 13.7. The lowest BCUT2D eigenvalue weighted by Gasteiger charge is -2.33. The number of rotatable bonds is 5. The van der Waals surface area contributed by atoms with Gasteiger partial charge >= 0.3 is 0 Å². The highest BCUT2D eigenvalue weighted by atomic mass is 16.3. The van der Waals surface area contributed by atoms with E-state index >= 15 is 0 Å². The third kappa shape index (κ3) is 3.04. The van der Waals surface area contributed by atoms with Crippen molar-refractivity contribution in [3.8, 4) is 0 Å². The highest BCUT2D eigenvalue weighted by Crippen LogP contribution is 2.27. The second kappa shape index (κ2) is 5.71. The van der Waals surface area contributed by atoms with Crippen LogP contribution in [0.15, 0.2) is 24.7 Å². The zero-order valence-electron chi connectivity index (χ0n) is 12.5. The van der Waals surface area contributed by atoms with Gasteiger partial charge in [0.05, 0.1) is 11.5 Å². The van der Waals surface area contributed by atoms with Crippen molar-refractivity contribution in [2.24, 2.45) is 11.3 Å². The molecule has 2 aromatic heterocycles. The van der Waals surface area contributed by atoms with E-state index in [9.17, 15) is 5.11 Å². The first-order valence-electron chi connectivity index (χ1n) is 6.89. The summed E-state index contributed by atoms with van der Waals surface area (Å²) in [5.74, 6) is 0.975. The molecule has 0 aliphatic heterocycles. The van der Waals surface area contributed by atoms with Crippen LogP contribution in [0.5, 0.6) is 0 Å². The van der Waals surface area contributed by atoms with Crippen LogP contribution in [-0.2, 0) is 0 Å². The summed E-state index contributed by atoms with van der Waals surface area (Å²) in [6.45, 7) is 8.78. The summed E-state index contributed by atoms with van der Waals surface area (Å²) in [4.78, 5) is 12.6. The summed E-state index contributed by atoms with van der Waals surface area (Å²) in [5.41, 5.74) is 0.431. The predicted octanol–water partition coefficient (Wildman–Crippen LogP) is 2.48. The van der Waals surface area contributed by atoms with Crippen molar-refractivity contribution in [3.63, 3.8) is 0 Å². The van der Waals surface area contributed by atoms with E-state index in [0.717, 1.165) is 11.2 Å². The average molecular weight is 274 g/mol. The third-order valence-corrected chi connectivity index (χ3v) is 3.55. The van der Waals surface area contributed by atoms with Crippen molar-refractivity contribution in [1.82, 2.24) is 15.0 Å². The molecule has 2 N–H and O–H groups in total. The van der Waals surface area contributed by atoms with Gasteiger partial charge in [0.2, 0.25) is 0 Å². The van der Waals surface area contributed by atoms with Crippen LogP contribution >= 0.6 is 0 Å². The number of nitrogens with one attached hydrogen (secondary N) is 1. The minimum Gasteiger partial charge on any atom is -0.392 e. The number of nitrogens with zero attached hydrogens (tertiary/aromatic N) is 3. The number of aliphatic hydroxyl groups excluding tert-OH is 1.